The average molecular weight is 318 g/mol. The number of hydrogen-bond donors (Lipinski definition) is 2. The van der Waals surface area contributed by atoms with Gasteiger partial charge in [0.2, 0.25) is 10.2 Å². The number of benzene rings is 1. The number of carboxylic acids is 1. The van der Waals surface area contributed by atoms with Crippen molar-refractivity contribution in [3.8, 4) is 0 Å². The molecule has 0 heterocycles. The zero-order valence-electron chi connectivity index (χ0n) is 11.3. The van der Waals surface area contributed by atoms with Gasteiger partial charge in [0.1, 0.15) is 0 Å². The Kier molecular flexibility index (Phi) is 5.84. The number of carbonyl (C=O) groups excluding carboxylic acids is 1. The van der Waals surface area contributed by atoms with Crippen LogP contribution in [0, 0.1) is 5.92 Å². The Bertz CT molecular complexity index is 475. The lowest BCUT2D eigenvalue weighted by Gasteiger charge is -2.30. The van der Waals surface area contributed by atoms with Gasteiger partial charge in [0.05, 0.1) is 12.5 Å². The second-order valence-corrected chi connectivity index (χ2v) is 6.27. The Morgan fingerprint density at radius 3 is 2.25 bits per heavy atom. The second kappa shape index (κ2) is 6.95. The van der Waals surface area contributed by atoms with Crippen LogP contribution in [0.5, 0.6) is 0 Å². The number of aliphatic carboxylic acids is 1. The number of hydrogen-bond acceptors (Lipinski definition) is 2. The van der Waals surface area contributed by atoms with Gasteiger partial charge in [-0.2, -0.15) is 0 Å². The molecule has 0 bridgehead atoms. The Labute approximate surface area is 128 Å². The molecule has 0 saturated heterocycles. The predicted octanol–water partition coefficient (Wildman–Crippen LogP) is 2.63. The molecule has 4 nitrogen and oxygen atoms in total. The summed E-state index contributed by atoms with van der Waals surface area (Å²) in [4.78, 5) is 23.1. The maximum atomic E-state index is 12.0. The van der Waals surface area contributed by atoms with Crippen molar-refractivity contribution in [1.82, 2.24) is 5.32 Å². The summed E-state index contributed by atoms with van der Waals surface area (Å²) in [5.41, 5.74) is 0.831. The largest absolute Gasteiger partial charge is 0.479 e. The summed E-state index contributed by atoms with van der Waals surface area (Å²) in [7, 11) is 0. The summed E-state index contributed by atoms with van der Waals surface area (Å²) >= 11 is 11.7. The van der Waals surface area contributed by atoms with E-state index in [4.69, 9.17) is 28.3 Å². The number of nitrogens with one attached hydrogen (secondary N) is 1. The highest BCUT2D eigenvalue weighted by atomic mass is 35.5. The standard InChI is InChI=1S/C14H17Cl2NO3/c1-9(2)12(14(15,16)13(19)20)17-11(18)8-10-6-4-3-5-7-10/h3-7,9,12H,8H2,1-2H3,(H,17,18)(H,19,20)/t12-/m0/s1. The van der Waals surface area contributed by atoms with Crippen LogP contribution in [0.25, 0.3) is 0 Å². The van der Waals surface area contributed by atoms with Crippen LogP contribution >= 0.6 is 23.2 Å². The quantitative estimate of drug-likeness (QED) is 0.793. The van der Waals surface area contributed by atoms with Crippen LogP contribution in [0.4, 0.5) is 0 Å². The van der Waals surface area contributed by atoms with Crippen LogP contribution in [-0.4, -0.2) is 27.4 Å². The number of alkyl halides is 2. The molecule has 1 atom stereocenters. The van der Waals surface area contributed by atoms with Crippen LogP contribution in [0.3, 0.4) is 0 Å². The van der Waals surface area contributed by atoms with E-state index in [-0.39, 0.29) is 18.2 Å². The van der Waals surface area contributed by atoms with Crippen molar-refractivity contribution < 1.29 is 14.7 Å². The molecule has 1 rings (SSSR count). The van der Waals surface area contributed by atoms with Crippen molar-refractivity contribution in [2.45, 2.75) is 30.6 Å². The van der Waals surface area contributed by atoms with Crippen LogP contribution in [0.15, 0.2) is 30.3 Å². The molecule has 0 aromatic heterocycles. The molecule has 0 spiro atoms. The normalized spacial score (nSPS) is 13.1. The first-order valence-electron chi connectivity index (χ1n) is 6.19. The van der Waals surface area contributed by atoms with E-state index in [1.807, 2.05) is 30.3 Å². The van der Waals surface area contributed by atoms with Crippen molar-refractivity contribution in [2.24, 2.45) is 5.92 Å². The number of halogens is 2. The van der Waals surface area contributed by atoms with E-state index in [0.29, 0.717) is 0 Å². The maximum absolute atomic E-state index is 12.0. The molecule has 1 aromatic carbocycles. The van der Waals surface area contributed by atoms with Gasteiger partial charge >= 0.3 is 5.97 Å². The lowest BCUT2D eigenvalue weighted by molar-refractivity contribution is -0.139. The molecule has 1 aromatic rings. The minimum atomic E-state index is -2.06. The predicted molar refractivity (Wildman–Crippen MR) is 79.0 cm³/mol. The highest BCUT2D eigenvalue weighted by Crippen LogP contribution is 2.30. The van der Waals surface area contributed by atoms with Gasteiger partial charge in [-0.05, 0) is 11.5 Å². The smallest absolute Gasteiger partial charge is 0.342 e. The minimum absolute atomic E-state index is 0.146. The van der Waals surface area contributed by atoms with Gasteiger partial charge in [0.25, 0.3) is 0 Å². The van der Waals surface area contributed by atoms with E-state index in [2.05, 4.69) is 5.32 Å². The first-order chi connectivity index (χ1) is 9.25. The molecule has 0 radical (unpaired) electrons. The average Bonchev–Trinajstić information content (AvgIpc) is 2.36. The van der Waals surface area contributed by atoms with Crippen molar-refractivity contribution >= 4 is 35.1 Å². The van der Waals surface area contributed by atoms with Gasteiger partial charge in [-0.1, -0.05) is 67.4 Å². The van der Waals surface area contributed by atoms with Gasteiger partial charge in [0.15, 0.2) is 0 Å². The number of rotatable bonds is 6. The summed E-state index contributed by atoms with van der Waals surface area (Å²) in [6.45, 7) is 3.49. The molecule has 0 aliphatic carbocycles. The molecule has 20 heavy (non-hydrogen) atoms. The Hall–Kier alpha value is -1.26. The molecular formula is C14H17Cl2NO3. The van der Waals surface area contributed by atoms with E-state index in [0.717, 1.165) is 5.56 Å². The lowest BCUT2D eigenvalue weighted by atomic mass is 9.99. The van der Waals surface area contributed by atoms with E-state index in [1.165, 1.54) is 0 Å². The third kappa shape index (κ3) is 4.39. The van der Waals surface area contributed by atoms with Gasteiger partial charge in [-0.25, -0.2) is 4.79 Å². The maximum Gasteiger partial charge on any atom is 0.342 e. The third-order valence-electron chi connectivity index (χ3n) is 2.87. The Balaban J connectivity index is 2.77. The lowest BCUT2D eigenvalue weighted by Crippen LogP contribution is -2.53. The molecule has 0 aliphatic rings. The zero-order chi connectivity index (χ0) is 15.3. The molecule has 0 unspecified atom stereocenters. The van der Waals surface area contributed by atoms with Crippen LogP contribution in [-0.2, 0) is 16.0 Å². The molecular weight excluding hydrogens is 301 g/mol. The van der Waals surface area contributed by atoms with Gasteiger partial charge in [-0.15, -0.1) is 0 Å². The first kappa shape index (κ1) is 16.8. The second-order valence-electron chi connectivity index (χ2n) is 4.88. The van der Waals surface area contributed by atoms with Crippen molar-refractivity contribution in [3.05, 3.63) is 35.9 Å². The summed E-state index contributed by atoms with van der Waals surface area (Å²) in [5, 5.41) is 11.7. The third-order valence-corrected chi connectivity index (χ3v) is 3.66. The Morgan fingerprint density at radius 2 is 1.80 bits per heavy atom. The number of carbonyl (C=O) groups is 2. The molecule has 0 saturated carbocycles. The fraction of sp³-hybridized carbons (Fsp3) is 0.429. The molecule has 0 aliphatic heterocycles. The molecule has 6 heteroatoms. The fourth-order valence-electron chi connectivity index (χ4n) is 1.81. The molecule has 1 amide bonds. The first-order valence-corrected chi connectivity index (χ1v) is 6.95. The monoisotopic (exact) mass is 317 g/mol. The van der Waals surface area contributed by atoms with Crippen LogP contribution < -0.4 is 5.32 Å². The van der Waals surface area contributed by atoms with Gasteiger partial charge in [0, 0.05) is 0 Å². The minimum Gasteiger partial charge on any atom is -0.479 e. The van der Waals surface area contributed by atoms with Gasteiger partial charge < -0.3 is 10.4 Å². The number of carboxylic acid groups (broad SMARTS) is 1. The highest BCUT2D eigenvalue weighted by Gasteiger charge is 2.45. The fourth-order valence-corrected chi connectivity index (χ4v) is 2.43. The SMILES string of the molecule is CC(C)[C@H](NC(=O)Cc1ccccc1)C(Cl)(Cl)C(=O)O. The van der Waals surface area contributed by atoms with E-state index < -0.39 is 16.3 Å². The number of amides is 1. The van der Waals surface area contributed by atoms with E-state index in [9.17, 15) is 9.59 Å². The van der Waals surface area contributed by atoms with Gasteiger partial charge in [-0.3, -0.25) is 4.79 Å². The summed E-state index contributed by atoms with van der Waals surface area (Å²) in [6.07, 6.45) is 0.146. The zero-order valence-corrected chi connectivity index (χ0v) is 12.8. The van der Waals surface area contributed by atoms with E-state index >= 15 is 0 Å². The van der Waals surface area contributed by atoms with Crippen molar-refractivity contribution in [2.75, 3.05) is 0 Å². The van der Waals surface area contributed by atoms with E-state index in [1.54, 1.807) is 13.8 Å². The van der Waals surface area contributed by atoms with Crippen molar-refractivity contribution in [3.63, 3.8) is 0 Å². The van der Waals surface area contributed by atoms with Crippen LogP contribution in [0.2, 0.25) is 0 Å². The Morgan fingerprint density at radius 1 is 1.25 bits per heavy atom. The molecule has 110 valence electrons. The summed E-state index contributed by atoms with van der Waals surface area (Å²) < 4.78 is -2.06. The summed E-state index contributed by atoms with van der Waals surface area (Å²) in [5.74, 6) is -1.91. The van der Waals surface area contributed by atoms with Crippen molar-refractivity contribution in [1.29, 1.82) is 0 Å². The summed E-state index contributed by atoms with van der Waals surface area (Å²) in [6, 6.07) is 8.26. The van der Waals surface area contributed by atoms with Crippen LogP contribution in [0.1, 0.15) is 19.4 Å². The molecule has 2 N–H and O–H groups in total. The molecule has 0 fully saturated rings. The topological polar surface area (TPSA) is 66.4 Å². The highest BCUT2D eigenvalue weighted by molar-refractivity contribution is 6.58.